The molecule has 2 aromatic heterocycles. The van der Waals surface area contributed by atoms with Crippen LogP contribution in [0.2, 0.25) is 0 Å². The third kappa shape index (κ3) is 4.66. The second kappa shape index (κ2) is 9.66. The molecule has 0 spiro atoms. The van der Waals surface area contributed by atoms with Crippen LogP contribution in [-0.2, 0) is 5.75 Å². The highest BCUT2D eigenvalue weighted by Gasteiger charge is 2.16. The van der Waals surface area contributed by atoms with E-state index in [1.165, 1.54) is 16.9 Å². The van der Waals surface area contributed by atoms with Gasteiger partial charge in [-0.05, 0) is 55.5 Å². The largest absolute Gasteiger partial charge is 0.497 e. The molecular formula is C25H21N5O2S2. The topological polar surface area (TPSA) is 81.9 Å². The van der Waals surface area contributed by atoms with Crippen molar-refractivity contribution in [1.82, 2.24) is 19.7 Å². The second-order valence-corrected chi connectivity index (χ2v) is 9.53. The summed E-state index contributed by atoms with van der Waals surface area (Å²) in [6.07, 6.45) is 0. The summed E-state index contributed by atoms with van der Waals surface area (Å²) in [6.45, 7) is 2.07. The van der Waals surface area contributed by atoms with Gasteiger partial charge in [0.25, 0.3) is 5.91 Å². The van der Waals surface area contributed by atoms with Gasteiger partial charge in [-0.2, -0.15) is 0 Å². The molecule has 0 radical (unpaired) electrons. The Hall–Kier alpha value is -3.69. The van der Waals surface area contributed by atoms with Gasteiger partial charge in [-0.3, -0.25) is 9.36 Å². The molecule has 0 aliphatic rings. The molecule has 0 saturated heterocycles. The summed E-state index contributed by atoms with van der Waals surface area (Å²) in [4.78, 5) is 17.4. The minimum atomic E-state index is -0.286. The van der Waals surface area contributed by atoms with Gasteiger partial charge in [-0.15, -0.1) is 10.2 Å². The number of amides is 1. The second-order valence-electron chi connectivity index (χ2n) is 7.53. The maximum absolute atomic E-state index is 12.6. The predicted molar refractivity (Wildman–Crippen MR) is 136 cm³/mol. The zero-order valence-corrected chi connectivity index (χ0v) is 20.2. The Morgan fingerprint density at radius 2 is 1.79 bits per heavy atom. The number of fused-ring (bicyclic) bond motifs is 1. The summed E-state index contributed by atoms with van der Waals surface area (Å²) in [6, 6.07) is 23.6. The van der Waals surface area contributed by atoms with Gasteiger partial charge in [-0.1, -0.05) is 52.9 Å². The number of aromatic nitrogens is 4. The summed E-state index contributed by atoms with van der Waals surface area (Å²) < 4.78 is 7.29. The Balaban J connectivity index is 1.33. The van der Waals surface area contributed by atoms with Crippen molar-refractivity contribution in [2.75, 3.05) is 12.4 Å². The van der Waals surface area contributed by atoms with E-state index in [4.69, 9.17) is 9.72 Å². The summed E-state index contributed by atoms with van der Waals surface area (Å²) in [5, 5.41) is 13.1. The van der Waals surface area contributed by atoms with Crippen LogP contribution < -0.4 is 10.1 Å². The molecule has 1 amide bonds. The van der Waals surface area contributed by atoms with Crippen molar-refractivity contribution >= 4 is 45.7 Å². The number of hydrogen-bond acceptors (Lipinski definition) is 7. The monoisotopic (exact) mass is 487 g/mol. The fourth-order valence-electron chi connectivity index (χ4n) is 3.43. The van der Waals surface area contributed by atoms with Gasteiger partial charge in [0.15, 0.2) is 5.16 Å². The third-order valence-corrected chi connectivity index (χ3v) is 7.21. The molecule has 34 heavy (non-hydrogen) atoms. The number of rotatable bonds is 7. The molecule has 0 saturated carbocycles. The van der Waals surface area contributed by atoms with E-state index in [1.54, 1.807) is 43.1 Å². The molecule has 5 rings (SSSR count). The fraction of sp³-hybridized carbons (Fsp3) is 0.120. The highest BCUT2D eigenvalue weighted by Crippen LogP contribution is 2.31. The number of benzene rings is 3. The Morgan fingerprint density at radius 1 is 1.03 bits per heavy atom. The molecule has 3 aromatic carbocycles. The van der Waals surface area contributed by atoms with Crippen molar-refractivity contribution in [3.63, 3.8) is 0 Å². The Kier molecular flexibility index (Phi) is 6.29. The Morgan fingerprint density at radius 3 is 2.56 bits per heavy atom. The third-order valence-electron chi connectivity index (χ3n) is 5.16. The van der Waals surface area contributed by atoms with Gasteiger partial charge in [0.1, 0.15) is 10.8 Å². The van der Waals surface area contributed by atoms with Crippen LogP contribution >= 0.6 is 23.1 Å². The number of thioether (sulfide) groups is 1. The molecule has 170 valence electrons. The number of anilines is 1. The average Bonchev–Trinajstić information content (AvgIpc) is 3.48. The number of methoxy groups -OCH3 is 1. The lowest BCUT2D eigenvalue weighted by Crippen LogP contribution is -2.11. The molecule has 0 atom stereocenters. The van der Waals surface area contributed by atoms with E-state index >= 15 is 0 Å². The number of aryl methyl sites for hydroxylation is 1. The standard InChI is InChI=1S/C25H21N5O2S2/c1-16-7-11-18(12-8-16)30-21-6-4-3-5-20(21)27-25(30)33-15-22-28-29-24(34-22)23(31)26-17-9-13-19(32-2)14-10-17/h3-14H,15H2,1-2H3,(H,26,31). The van der Waals surface area contributed by atoms with E-state index in [2.05, 4.69) is 57.3 Å². The van der Waals surface area contributed by atoms with Gasteiger partial charge in [0.2, 0.25) is 5.01 Å². The molecule has 0 fully saturated rings. The number of ether oxygens (including phenoxy) is 1. The minimum absolute atomic E-state index is 0.286. The predicted octanol–water partition coefficient (Wildman–Crippen LogP) is 5.74. The van der Waals surface area contributed by atoms with E-state index in [9.17, 15) is 4.79 Å². The average molecular weight is 488 g/mol. The van der Waals surface area contributed by atoms with Crippen molar-refractivity contribution in [1.29, 1.82) is 0 Å². The van der Waals surface area contributed by atoms with Crippen LogP contribution in [0.3, 0.4) is 0 Å². The van der Waals surface area contributed by atoms with Gasteiger partial charge < -0.3 is 10.1 Å². The van der Waals surface area contributed by atoms with Crippen LogP contribution in [0.5, 0.6) is 5.75 Å². The molecule has 0 aliphatic carbocycles. The maximum Gasteiger partial charge on any atom is 0.286 e. The number of nitrogens with zero attached hydrogens (tertiary/aromatic N) is 4. The van der Waals surface area contributed by atoms with Crippen molar-refractivity contribution in [3.05, 3.63) is 88.4 Å². The lowest BCUT2D eigenvalue weighted by atomic mass is 10.2. The minimum Gasteiger partial charge on any atom is -0.497 e. The number of hydrogen-bond donors (Lipinski definition) is 1. The number of para-hydroxylation sites is 2. The number of imidazole rings is 1. The summed E-state index contributed by atoms with van der Waals surface area (Å²) in [7, 11) is 1.60. The zero-order valence-electron chi connectivity index (χ0n) is 18.6. The molecule has 0 bridgehead atoms. The fourth-order valence-corrected chi connectivity index (χ4v) is 5.18. The molecular weight excluding hydrogens is 466 g/mol. The number of carbonyl (C=O) groups is 1. The summed E-state index contributed by atoms with van der Waals surface area (Å²) >= 11 is 2.85. The molecule has 0 aliphatic heterocycles. The first kappa shape index (κ1) is 22.1. The Labute approximate surface area is 204 Å². The number of carbonyl (C=O) groups excluding carboxylic acids is 1. The maximum atomic E-state index is 12.6. The molecule has 0 unspecified atom stereocenters. The van der Waals surface area contributed by atoms with Gasteiger partial charge >= 0.3 is 0 Å². The first-order chi connectivity index (χ1) is 16.6. The smallest absolute Gasteiger partial charge is 0.286 e. The normalized spacial score (nSPS) is 11.0. The van der Waals surface area contributed by atoms with Crippen molar-refractivity contribution in [2.45, 2.75) is 17.8 Å². The molecule has 7 nitrogen and oxygen atoms in total. The van der Waals surface area contributed by atoms with E-state index in [0.717, 1.165) is 32.6 Å². The van der Waals surface area contributed by atoms with Crippen molar-refractivity contribution in [2.24, 2.45) is 0 Å². The number of nitrogens with one attached hydrogen (secondary N) is 1. The quantitative estimate of drug-likeness (QED) is 0.295. The molecule has 5 aromatic rings. The lowest BCUT2D eigenvalue weighted by Gasteiger charge is -2.09. The highest BCUT2D eigenvalue weighted by atomic mass is 32.2. The molecule has 9 heteroatoms. The highest BCUT2D eigenvalue weighted by molar-refractivity contribution is 7.98. The van der Waals surface area contributed by atoms with Crippen LogP contribution in [0.1, 0.15) is 20.4 Å². The Bertz CT molecular complexity index is 1440. The van der Waals surface area contributed by atoms with Crippen LogP contribution in [-0.4, -0.2) is 32.8 Å². The van der Waals surface area contributed by atoms with Crippen LogP contribution in [0.15, 0.2) is 78.0 Å². The first-order valence-electron chi connectivity index (χ1n) is 10.6. The van der Waals surface area contributed by atoms with Crippen LogP contribution in [0.4, 0.5) is 5.69 Å². The lowest BCUT2D eigenvalue weighted by molar-refractivity contribution is 0.102. The van der Waals surface area contributed by atoms with Crippen LogP contribution in [0.25, 0.3) is 16.7 Å². The van der Waals surface area contributed by atoms with Gasteiger partial charge in [-0.25, -0.2) is 4.98 Å². The van der Waals surface area contributed by atoms with Gasteiger partial charge in [0, 0.05) is 11.4 Å². The summed E-state index contributed by atoms with van der Waals surface area (Å²) in [5.74, 6) is 0.999. The van der Waals surface area contributed by atoms with Crippen molar-refractivity contribution in [3.8, 4) is 11.4 Å². The molecule has 1 N–H and O–H groups in total. The first-order valence-corrected chi connectivity index (χ1v) is 12.4. The van der Waals surface area contributed by atoms with E-state index in [-0.39, 0.29) is 5.91 Å². The van der Waals surface area contributed by atoms with Gasteiger partial charge in [0.05, 0.1) is 23.9 Å². The van der Waals surface area contributed by atoms with Crippen molar-refractivity contribution < 1.29 is 9.53 Å². The zero-order chi connectivity index (χ0) is 23.5. The SMILES string of the molecule is COc1ccc(NC(=O)c2nnc(CSc3nc4ccccc4n3-c3ccc(C)cc3)s2)cc1. The van der Waals surface area contributed by atoms with E-state index in [0.29, 0.717) is 16.4 Å². The molecule has 2 heterocycles. The van der Waals surface area contributed by atoms with Crippen LogP contribution in [0, 0.1) is 6.92 Å². The summed E-state index contributed by atoms with van der Waals surface area (Å²) in [5.41, 5.74) is 4.91. The van der Waals surface area contributed by atoms with E-state index < -0.39 is 0 Å². The van der Waals surface area contributed by atoms with E-state index in [1.807, 2.05) is 18.2 Å².